The van der Waals surface area contributed by atoms with E-state index >= 15 is 0 Å². The van der Waals surface area contributed by atoms with Crippen LogP contribution in [0.15, 0.2) is 51.8 Å². The van der Waals surface area contributed by atoms with Gasteiger partial charge in [-0.25, -0.2) is 0 Å². The molecule has 1 amide bonds. The molecular formula is C17H16BrNO4S. The standard InChI is InChI=1S/C17H16BrNO4S/c1-12-4-5-13(18)11-16(12)24(21,22)23-15-8-6-14(7-9-15)19-10-2-3-17(19)20/h4-9,11H,2-3,10H2,1H3. The molecule has 0 atom stereocenters. The van der Waals surface area contributed by atoms with Gasteiger partial charge in [0.05, 0.1) is 0 Å². The number of carbonyl (C=O) groups is 1. The van der Waals surface area contributed by atoms with E-state index in [4.69, 9.17) is 4.18 Å². The molecule has 24 heavy (non-hydrogen) atoms. The fourth-order valence-electron chi connectivity index (χ4n) is 2.62. The molecule has 3 rings (SSSR count). The van der Waals surface area contributed by atoms with Crippen LogP contribution in [-0.4, -0.2) is 20.9 Å². The van der Waals surface area contributed by atoms with E-state index in [0.29, 0.717) is 23.0 Å². The normalized spacial score (nSPS) is 14.9. The zero-order valence-corrected chi connectivity index (χ0v) is 15.4. The lowest BCUT2D eigenvalue weighted by Gasteiger charge is -2.16. The van der Waals surface area contributed by atoms with Gasteiger partial charge < -0.3 is 9.08 Å². The van der Waals surface area contributed by atoms with Crippen LogP contribution in [0.25, 0.3) is 0 Å². The largest absolute Gasteiger partial charge is 0.379 e. The highest BCUT2D eigenvalue weighted by atomic mass is 79.9. The summed E-state index contributed by atoms with van der Waals surface area (Å²) in [6, 6.07) is 11.5. The second-order valence-electron chi connectivity index (χ2n) is 5.59. The Balaban J connectivity index is 1.83. The molecule has 2 aromatic carbocycles. The van der Waals surface area contributed by atoms with Gasteiger partial charge in [-0.3, -0.25) is 4.79 Å². The van der Waals surface area contributed by atoms with Gasteiger partial charge in [0.2, 0.25) is 5.91 Å². The van der Waals surface area contributed by atoms with Crippen LogP contribution < -0.4 is 9.08 Å². The number of benzene rings is 2. The summed E-state index contributed by atoms with van der Waals surface area (Å²) in [7, 11) is -3.92. The van der Waals surface area contributed by atoms with Gasteiger partial charge in [0.25, 0.3) is 0 Å². The summed E-state index contributed by atoms with van der Waals surface area (Å²) in [5, 5.41) is 0. The molecule has 0 N–H and O–H groups in total. The van der Waals surface area contributed by atoms with Crippen LogP contribution in [0.5, 0.6) is 5.75 Å². The van der Waals surface area contributed by atoms with Gasteiger partial charge in [-0.1, -0.05) is 22.0 Å². The Morgan fingerprint density at radius 2 is 1.83 bits per heavy atom. The van der Waals surface area contributed by atoms with Crippen LogP contribution in [0, 0.1) is 6.92 Å². The van der Waals surface area contributed by atoms with Crippen molar-refractivity contribution in [3.05, 3.63) is 52.5 Å². The number of aryl methyl sites for hydroxylation is 1. The van der Waals surface area contributed by atoms with E-state index in [1.165, 1.54) is 6.07 Å². The SMILES string of the molecule is Cc1ccc(Br)cc1S(=O)(=O)Oc1ccc(N2CCCC2=O)cc1. The van der Waals surface area contributed by atoms with Crippen molar-refractivity contribution in [2.45, 2.75) is 24.7 Å². The van der Waals surface area contributed by atoms with Crippen molar-refractivity contribution in [2.24, 2.45) is 0 Å². The molecular weight excluding hydrogens is 394 g/mol. The predicted octanol–water partition coefficient (Wildman–Crippen LogP) is 3.65. The molecule has 7 heteroatoms. The van der Waals surface area contributed by atoms with Crippen LogP contribution in [-0.2, 0) is 14.9 Å². The highest BCUT2D eigenvalue weighted by molar-refractivity contribution is 9.10. The topological polar surface area (TPSA) is 63.7 Å². The number of rotatable bonds is 4. The van der Waals surface area contributed by atoms with E-state index in [2.05, 4.69) is 15.9 Å². The Morgan fingerprint density at radius 1 is 1.12 bits per heavy atom. The van der Waals surface area contributed by atoms with Crippen LogP contribution in [0.3, 0.4) is 0 Å². The second kappa shape index (κ2) is 6.57. The minimum atomic E-state index is -3.92. The predicted molar refractivity (Wildman–Crippen MR) is 94.7 cm³/mol. The fraction of sp³-hybridized carbons (Fsp3) is 0.235. The van der Waals surface area contributed by atoms with Crippen molar-refractivity contribution in [3.8, 4) is 5.75 Å². The second-order valence-corrected chi connectivity index (χ2v) is 8.02. The molecule has 1 aliphatic rings. The quantitative estimate of drug-likeness (QED) is 0.722. The number of halogens is 1. The van der Waals surface area contributed by atoms with Crippen LogP contribution in [0.1, 0.15) is 18.4 Å². The van der Waals surface area contributed by atoms with Gasteiger partial charge in [0.15, 0.2) is 0 Å². The number of anilines is 1. The average Bonchev–Trinajstić information content (AvgIpc) is 2.96. The molecule has 0 unspecified atom stereocenters. The molecule has 5 nitrogen and oxygen atoms in total. The van der Waals surface area contributed by atoms with Gasteiger partial charge in [-0.2, -0.15) is 8.42 Å². The maximum Gasteiger partial charge on any atom is 0.339 e. The van der Waals surface area contributed by atoms with Crippen LogP contribution in [0.2, 0.25) is 0 Å². The molecule has 1 fully saturated rings. The molecule has 1 saturated heterocycles. The van der Waals surface area contributed by atoms with Gasteiger partial charge >= 0.3 is 10.1 Å². The van der Waals surface area contributed by atoms with Crippen LogP contribution >= 0.6 is 15.9 Å². The Labute approximate surface area is 149 Å². The van der Waals surface area contributed by atoms with E-state index in [0.717, 1.165) is 12.1 Å². The maximum absolute atomic E-state index is 12.5. The number of hydrogen-bond donors (Lipinski definition) is 0. The first-order valence-electron chi connectivity index (χ1n) is 7.48. The third-order valence-corrected chi connectivity index (χ3v) is 5.73. The first-order valence-corrected chi connectivity index (χ1v) is 9.68. The minimum absolute atomic E-state index is 0.0843. The number of amides is 1. The smallest absolute Gasteiger partial charge is 0.339 e. The van der Waals surface area contributed by atoms with Crippen molar-refractivity contribution in [1.82, 2.24) is 0 Å². The third-order valence-electron chi connectivity index (χ3n) is 3.85. The summed E-state index contributed by atoms with van der Waals surface area (Å²) < 4.78 is 30.8. The van der Waals surface area contributed by atoms with E-state index < -0.39 is 10.1 Å². The highest BCUT2D eigenvalue weighted by Crippen LogP contribution is 2.27. The first kappa shape index (κ1) is 17.0. The summed E-state index contributed by atoms with van der Waals surface area (Å²) in [6.07, 6.45) is 1.39. The fourth-order valence-corrected chi connectivity index (χ4v) is 4.32. The van der Waals surface area contributed by atoms with Gasteiger partial charge in [-0.05, 0) is 55.3 Å². The lowest BCUT2D eigenvalue weighted by atomic mass is 10.2. The highest BCUT2D eigenvalue weighted by Gasteiger charge is 2.23. The summed E-state index contributed by atoms with van der Waals surface area (Å²) in [5.74, 6) is 0.297. The average molecular weight is 410 g/mol. The third kappa shape index (κ3) is 3.47. The molecule has 1 heterocycles. The van der Waals surface area contributed by atoms with Crippen molar-refractivity contribution in [2.75, 3.05) is 11.4 Å². The number of nitrogens with zero attached hydrogens (tertiary/aromatic N) is 1. The van der Waals surface area contributed by atoms with E-state index in [9.17, 15) is 13.2 Å². The molecule has 0 spiro atoms. The van der Waals surface area contributed by atoms with Crippen LogP contribution in [0.4, 0.5) is 5.69 Å². The minimum Gasteiger partial charge on any atom is -0.379 e. The van der Waals surface area contributed by atoms with Gasteiger partial charge in [-0.15, -0.1) is 0 Å². The Hall–Kier alpha value is -1.86. The summed E-state index contributed by atoms with van der Waals surface area (Å²) in [6.45, 7) is 2.40. The lowest BCUT2D eigenvalue weighted by Crippen LogP contribution is -2.23. The number of hydrogen-bond acceptors (Lipinski definition) is 4. The zero-order valence-electron chi connectivity index (χ0n) is 13.0. The van der Waals surface area contributed by atoms with E-state index in [1.807, 2.05) is 0 Å². The zero-order chi connectivity index (χ0) is 17.3. The van der Waals surface area contributed by atoms with E-state index in [1.54, 1.807) is 48.2 Å². The first-order chi connectivity index (χ1) is 11.4. The maximum atomic E-state index is 12.5. The van der Waals surface area contributed by atoms with Crippen molar-refractivity contribution >= 4 is 37.6 Å². The molecule has 0 bridgehead atoms. The Morgan fingerprint density at radius 3 is 2.46 bits per heavy atom. The molecule has 0 aromatic heterocycles. The van der Waals surface area contributed by atoms with Gasteiger partial charge in [0, 0.05) is 23.1 Å². The van der Waals surface area contributed by atoms with E-state index in [-0.39, 0.29) is 16.6 Å². The van der Waals surface area contributed by atoms with Crippen molar-refractivity contribution in [3.63, 3.8) is 0 Å². The monoisotopic (exact) mass is 409 g/mol. The lowest BCUT2D eigenvalue weighted by molar-refractivity contribution is -0.117. The molecule has 0 saturated carbocycles. The number of carbonyl (C=O) groups excluding carboxylic acids is 1. The van der Waals surface area contributed by atoms with Crippen molar-refractivity contribution in [1.29, 1.82) is 0 Å². The summed E-state index contributed by atoms with van der Waals surface area (Å²) >= 11 is 3.27. The Kier molecular flexibility index (Phi) is 4.64. The molecule has 126 valence electrons. The Bertz CT molecular complexity index is 878. The molecule has 1 aliphatic heterocycles. The molecule has 0 aliphatic carbocycles. The van der Waals surface area contributed by atoms with Crippen molar-refractivity contribution < 1.29 is 17.4 Å². The molecule has 0 radical (unpaired) electrons. The van der Waals surface area contributed by atoms with Gasteiger partial charge in [0.1, 0.15) is 10.6 Å². The summed E-state index contributed by atoms with van der Waals surface area (Å²) in [5.41, 5.74) is 1.36. The summed E-state index contributed by atoms with van der Waals surface area (Å²) in [4.78, 5) is 13.5. The molecule has 2 aromatic rings.